The van der Waals surface area contributed by atoms with Crippen LogP contribution in [0.5, 0.6) is 0 Å². The Morgan fingerprint density at radius 3 is 2.53 bits per heavy atom. The van der Waals surface area contributed by atoms with E-state index in [2.05, 4.69) is 17.1 Å². The zero-order chi connectivity index (χ0) is 13.1. The Labute approximate surface area is 115 Å². The van der Waals surface area contributed by atoms with Gasteiger partial charge in [0.15, 0.2) is 4.80 Å². The molecule has 94 valence electrons. The highest BCUT2D eigenvalue weighted by Gasteiger charge is 2.07. The van der Waals surface area contributed by atoms with Gasteiger partial charge >= 0.3 is 0 Å². The number of thiazole rings is 1. The number of nitrogens with one attached hydrogen (secondary N) is 1. The molecular weight excluding hydrogens is 254 g/mol. The first-order valence-corrected chi connectivity index (χ1v) is 6.90. The SMILES string of the molecule is N=c1scc(-c2ccccc2)n1Cc1ccncc1. The molecule has 3 rings (SSSR count). The fourth-order valence-corrected chi connectivity index (χ4v) is 2.79. The number of pyridine rings is 1. The second-order valence-corrected chi connectivity index (χ2v) is 5.09. The molecule has 0 radical (unpaired) electrons. The van der Waals surface area contributed by atoms with Crippen LogP contribution >= 0.6 is 11.3 Å². The van der Waals surface area contributed by atoms with Crippen molar-refractivity contribution in [3.63, 3.8) is 0 Å². The van der Waals surface area contributed by atoms with Crippen molar-refractivity contribution in [1.29, 1.82) is 5.41 Å². The van der Waals surface area contributed by atoms with E-state index in [4.69, 9.17) is 5.41 Å². The van der Waals surface area contributed by atoms with Gasteiger partial charge in [-0.15, -0.1) is 11.3 Å². The van der Waals surface area contributed by atoms with Crippen LogP contribution in [0, 0.1) is 5.41 Å². The van der Waals surface area contributed by atoms with Crippen LogP contribution in [0.4, 0.5) is 0 Å². The average Bonchev–Trinajstić information content (AvgIpc) is 2.82. The maximum Gasteiger partial charge on any atom is 0.182 e. The van der Waals surface area contributed by atoms with Crippen molar-refractivity contribution < 1.29 is 0 Å². The molecule has 0 amide bonds. The Balaban J connectivity index is 2.03. The van der Waals surface area contributed by atoms with Crippen LogP contribution in [0.3, 0.4) is 0 Å². The molecule has 0 spiro atoms. The number of rotatable bonds is 3. The highest BCUT2D eigenvalue weighted by molar-refractivity contribution is 7.07. The van der Waals surface area contributed by atoms with Crippen molar-refractivity contribution in [3.8, 4) is 11.3 Å². The Bertz CT molecular complexity index is 714. The van der Waals surface area contributed by atoms with Gasteiger partial charge in [0.1, 0.15) is 0 Å². The topological polar surface area (TPSA) is 41.7 Å². The molecule has 2 heterocycles. The minimum Gasteiger partial charge on any atom is -0.312 e. The quantitative estimate of drug-likeness (QED) is 0.778. The van der Waals surface area contributed by atoms with Gasteiger partial charge in [-0.25, -0.2) is 0 Å². The van der Waals surface area contributed by atoms with Gasteiger partial charge in [0, 0.05) is 17.8 Å². The zero-order valence-electron chi connectivity index (χ0n) is 10.3. The third kappa shape index (κ3) is 2.48. The monoisotopic (exact) mass is 267 g/mol. The first-order chi connectivity index (χ1) is 9.34. The summed E-state index contributed by atoms with van der Waals surface area (Å²) in [6.45, 7) is 0.703. The summed E-state index contributed by atoms with van der Waals surface area (Å²) < 4.78 is 2.02. The lowest BCUT2D eigenvalue weighted by molar-refractivity contribution is 0.766. The Kier molecular flexibility index (Phi) is 3.25. The second kappa shape index (κ2) is 5.20. The van der Waals surface area contributed by atoms with Crippen LogP contribution < -0.4 is 4.80 Å². The molecule has 0 atom stereocenters. The second-order valence-electron chi connectivity index (χ2n) is 4.23. The van der Waals surface area contributed by atoms with E-state index in [0.29, 0.717) is 11.3 Å². The van der Waals surface area contributed by atoms with Crippen molar-refractivity contribution in [2.24, 2.45) is 0 Å². The van der Waals surface area contributed by atoms with Crippen LogP contribution in [-0.2, 0) is 6.54 Å². The van der Waals surface area contributed by atoms with E-state index in [1.165, 1.54) is 11.3 Å². The molecule has 0 aliphatic rings. The van der Waals surface area contributed by atoms with Crippen molar-refractivity contribution in [1.82, 2.24) is 9.55 Å². The maximum atomic E-state index is 8.06. The Morgan fingerprint density at radius 2 is 1.79 bits per heavy atom. The maximum absolute atomic E-state index is 8.06. The van der Waals surface area contributed by atoms with Crippen LogP contribution in [-0.4, -0.2) is 9.55 Å². The van der Waals surface area contributed by atoms with Gasteiger partial charge in [-0.3, -0.25) is 10.4 Å². The molecule has 0 aliphatic heterocycles. The molecule has 1 N–H and O–H groups in total. The molecule has 1 aromatic carbocycles. The largest absolute Gasteiger partial charge is 0.312 e. The summed E-state index contributed by atoms with van der Waals surface area (Å²) in [5, 5.41) is 10.1. The van der Waals surface area contributed by atoms with Gasteiger partial charge < -0.3 is 4.57 Å². The van der Waals surface area contributed by atoms with Crippen molar-refractivity contribution in [2.45, 2.75) is 6.54 Å². The highest BCUT2D eigenvalue weighted by Crippen LogP contribution is 2.20. The third-order valence-corrected chi connectivity index (χ3v) is 3.76. The molecule has 0 saturated carbocycles. The van der Waals surface area contributed by atoms with Crippen molar-refractivity contribution >= 4 is 11.3 Å². The number of hydrogen-bond acceptors (Lipinski definition) is 3. The van der Waals surface area contributed by atoms with Gasteiger partial charge in [0.2, 0.25) is 0 Å². The predicted octanol–water partition coefficient (Wildman–Crippen LogP) is 3.14. The molecule has 0 bridgehead atoms. The van der Waals surface area contributed by atoms with Gasteiger partial charge in [0.05, 0.1) is 12.2 Å². The number of aromatic nitrogens is 2. The lowest BCUT2D eigenvalue weighted by Gasteiger charge is -2.08. The first-order valence-electron chi connectivity index (χ1n) is 6.02. The fourth-order valence-electron chi connectivity index (χ4n) is 2.01. The molecular formula is C15H13N3S. The number of hydrogen-bond donors (Lipinski definition) is 1. The van der Waals surface area contributed by atoms with E-state index in [1.54, 1.807) is 12.4 Å². The molecule has 0 unspecified atom stereocenters. The van der Waals surface area contributed by atoms with Crippen LogP contribution in [0.25, 0.3) is 11.3 Å². The Hall–Kier alpha value is -2.20. The number of nitrogens with zero attached hydrogens (tertiary/aromatic N) is 2. The summed E-state index contributed by atoms with van der Waals surface area (Å²) >= 11 is 1.46. The summed E-state index contributed by atoms with van der Waals surface area (Å²) in [7, 11) is 0. The third-order valence-electron chi connectivity index (χ3n) is 2.98. The first kappa shape index (κ1) is 11.9. The molecule has 3 aromatic rings. The van der Waals surface area contributed by atoms with E-state index in [9.17, 15) is 0 Å². The molecule has 2 aromatic heterocycles. The molecule has 4 heteroatoms. The van der Waals surface area contributed by atoms with Crippen LogP contribution in [0.1, 0.15) is 5.56 Å². The fraction of sp³-hybridized carbons (Fsp3) is 0.0667. The highest BCUT2D eigenvalue weighted by atomic mass is 32.1. The zero-order valence-corrected chi connectivity index (χ0v) is 11.1. The van der Waals surface area contributed by atoms with E-state index >= 15 is 0 Å². The molecule has 19 heavy (non-hydrogen) atoms. The summed E-state index contributed by atoms with van der Waals surface area (Å²) in [5.74, 6) is 0. The van der Waals surface area contributed by atoms with E-state index in [1.807, 2.05) is 40.3 Å². The molecule has 0 saturated heterocycles. The standard InChI is InChI=1S/C15H13N3S/c16-15-18(10-12-6-8-17-9-7-12)14(11-19-15)13-4-2-1-3-5-13/h1-9,11,16H,10H2. The van der Waals surface area contributed by atoms with Crippen LogP contribution in [0.15, 0.2) is 60.2 Å². The summed E-state index contributed by atoms with van der Waals surface area (Å²) in [6.07, 6.45) is 3.57. The van der Waals surface area contributed by atoms with Crippen molar-refractivity contribution in [2.75, 3.05) is 0 Å². The average molecular weight is 267 g/mol. The normalized spacial score (nSPS) is 10.5. The minimum atomic E-state index is 0.565. The minimum absolute atomic E-state index is 0.565. The predicted molar refractivity (Wildman–Crippen MR) is 76.9 cm³/mol. The molecule has 0 aliphatic carbocycles. The summed E-state index contributed by atoms with van der Waals surface area (Å²) in [4.78, 5) is 4.59. The summed E-state index contributed by atoms with van der Waals surface area (Å²) in [5.41, 5.74) is 3.39. The van der Waals surface area contributed by atoms with E-state index in [0.717, 1.165) is 16.8 Å². The molecule has 3 nitrogen and oxygen atoms in total. The summed E-state index contributed by atoms with van der Waals surface area (Å²) in [6, 6.07) is 14.2. The van der Waals surface area contributed by atoms with Gasteiger partial charge in [-0.2, -0.15) is 0 Å². The lowest BCUT2D eigenvalue weighted by atomic mass is 10.1. The smallest absolute Gasteiger partial charge is 0.182 e. The van der Waals surface area contributed by atoms with Gasteiger partial charge in [0.25, 0.3) is 0 Å². The Morgan fingerprint density at radius 1 is 1.05 bits per heavy atom. The lowest BCUT2D eigenvalue weighted by Crippen LogP contribution is -2.15. The van der Waals surface area contributed by atoms with Crippen LogP contribution in [0.2, 0.25) is 0 Å². The van der Waals surface area contributed by atoms with Crippen molar-refractivity contribution in [3.05, 3.63) is 70.6 Å². The molecule has 0 fully saturated rings. The van der Waals surface area contributed by atoms with E-state index in [-0.39, 0.29) is 0 Å². The van der Waals surface area contributed by atoms with Gasteiger partial charge in [-0.05, 0) is 23.3 Å². The van der Waals surface area contributed by atoms with Gasteiger partial charge in [-0.1, -0.05) is 30.3 Å². The van der Waals surface area contributed by atoms with E-state index < -0.39 is 0 Å². The number of benzene rings is 1.